The van der Waals surface area contributed by atoms with Gasteiger partial charge in [0, 0.05) is 11.1 Å². The second-order valence-electron chi connectivity index (χ2n) is 5.38. The van der Waals surface area contributed by atoms with Gasteiger partial charge in [-0.25, -0.2) is 23.9 Å². The van der Waals surface area contributed by atoms with Gasteiger partial charge in [0.2, 0.25) is 0 Å². The Hall–Kier alpha value is -2.58. The number of hydrogen-bond donors (Lipinski definition) is 2. The molecule has 0 aliphatic rings. The lowest BCUT2D eigenvalue weighted by molar-refractivity contribution is -0.655. The van der Waals surface area contributed by atoms with Gasteiger partial charge >= 0.3 is 5.97 Å². The zero-order chi connectivity index (χ0) is 18.3. The van der Waals surface area contributed by atoms with Gasteiger partial charge < -0.3 is 16.2 Å². The summed E-state index contributed by atoms with van der Waals surface area (Å²) in [6.07, 6.45) is 0. The average Bonchev–Trinajstić information content (AvgIpc) is 2.79. The molecule has 130 valence electrons. The van der Waals surface area contributed by atoms with Crippen LogP contribution >= 0.6 is 23.2 Å². The number of imidazole rings is 1. The molecule has 0 radical (unpaired) electrons. The number of anilines is 2. The van der Waals surface area contributed by atoms with Gasteiger partial charge in [-0.2, -0.15) is 0 Å². The monoisotopic (exact) mass is 381 g/mol. The highest BCUT2D eigenvalue weighted by Crippen LogP contribution is 2.20. The minimum Gasteiger partial charge on any atom is -0.448 e. The summed E-state index contributed by atoms with van der Waals surface area (Å²) in [7, 11) is 3.73. The van der Waals surface area contributed by atoms with E-state index in [0.29, 0.717) is 5.02 Å². The van der Waals surface area contributed by atoms with Gasteiger partial charge in [0.15, 0.2) is 40.1 Å². The van der Waals surface area contributed by atoms with E-state index in [1.165, 1.54) is 0 Å². The van der Waals surface area contributed by atoms with Crippen LogP contribution in [0.5, 0.6) is 0 Å². The second kappa shape index (κ2) is 6.38. The highest BCUT2D eigenvalue weighted by atomic mass is 35.5. The first kappa shape index (κ1) is 17.2. The largest absolute Gasteiger partial charge is 0.448 e. The molecule has 2 aromatic heterocycles. The van der Waals surface area contributed by atoms with Crippen LogP contribution in [0.2, 0.25) is 10.2 Å². The van der Waals surface area contributed by atoms with Crippen molar-refractivity contribution in [1.82, 2.24) is 14.5 Å². The summed E-state index contributed by atoms with van der Waals surface area (Å²) < 4.78 is 9.11. The fourth-order valence-electron chi connectivity index (χ4n) is 2.54. The standard InChI is InChI=1S/C15H14Cl2N6O2/c1-22-8-4-3-7(16)5-9(8)23(2)10(22)6-25-15(24)11-13(18)21-14(19)12(17)20-11/h3-5H,6H2,1-2H3,(H3-,18,19,21,24)/p+1. The predicted molar refractivity (Wildman–Crippen MR) is 94.1 cm³/mol. The maximum absolute atomic E-state index is 12.3. The predicted octanol–water partition coefficient (Wildman–Crippen LogP) is 1.62. The number of ether oxygens (including phenoxy) is 1. The van der Waals surface area contributed by atoms with Crippen molar-refractivity contribution in [2.45, 2.75) is 6.61 Å². The lowest BCUT2D eigenvalue weighted by Gasteiger charge is -2.06. The van der Waals surface area contributed by atoms with Crippen molar-refractivity contribution in [3.05, 3.63) is 39.9 Å². The van der Waals surface area contributed by atoms with Gasteiger partial charge in [0.05, 0.1) is 14.1 Å². The number of fused-ring (bicyclic) bond motifs is 1. The van der Waals surface area contributed by atoms with E-state index in [2.05, 4.69) is 9.97 Å². The van der Waals surface area contributed by atoms with Crippen molar-refractivity contribution < 1.29 is 14.1 Å². The van der Waals surface area contributed by atoms with Crippen molar-refractivity contribution in [2.75, 3.05) is 11.5 Å². The van der Waals surface area contributed by atoms with E-state index >= 15 is 0 Å². The number of benzene rings is 1. The Morgan fingerprint density at radius 2 is 2.00 bits per heavy atom. The Morgan fingerprint density at radius 3 is 2.72 bits per heavy atom. The zero-order valence-corrected chi connectivity index (χ0v) is 15.0. The molecule has 2 heterocycles. The molecule has 0 atom stereocenters. The van der Waals surface area contributed by atoms with E-state index < -0.39 is 5.97 Å². The van der Waals surface area contributed by atoms with Crippen molar-refractivity contribution in [3.63, 3.8) is 0 Å². The number of carbonyl (C=O) groups is 1. The molecule has 0 unspecified atom stereocenters. The number of aryl methyl sites for hydroxylation is 2. The van der Waals surface area contributed by atoms with Crippen molar-refractivity contribution in [1.29, 1.82) is 0 Å². The highest BCUT2D eigenvalue weighted by Gasteiger charge is 2.24. The number of aromatic nitrogens is 4. The lowest BCUT2D eigenvalue weighted by Crippen LogP contribution is -2.33. The van der Waals surface area contributed by atoms with Crippen LogP contribution in [0, 0.1) is 0 Å². The molecule has 1 aromatic carbocycles. The molecule has 0 bridgehead atoms. The molecule has 0 saturated carbocycles. The maximum atomic E-state index is 12.3. The summed E-state index contributed by atoms with van der Waals surface area (Å²) in [4.78, 5) is 19.8. The van der Waals surface area contributed by atoms with Crippen LogP contribution in [0.1, 0.15) is 16.3 Å². The first-order valence-corrected chi connectivity index (χ1v) is 7.93. The third-order valence-electron chi connectivity index (χ3n) is 3.87. The fourth-order valence-corrected chi connectivity index (χ4v) is 2.83. The zero-order valence-electron chi connectivity index (χ0n) is 13.5. The van der Waals surface area contributed by atoms with Crippen LogP contribution in [0.25, 0.3) is 11.0 Å². The van der Waals surface area contributed by atoms with Gasteiger partial charge in [0.25, 0.3) is 5.82 Å². The molecule has 0 fully saturated rings. The normalized spacial score (nSPS) is 11.0. The molecular formula is C15H15Cl2N6O2+. The van der Waals surface area contributed by atoms with E-state index in [-0.39, 0.29) is 29.1 Å². The van der Waals surface area contributed by atoms with E-state index in [9.17, 15) is 4.79 Å². The second-order valence-corrected chi connectivity index (χ2v) is 6.17. The van der Waals surface area contributed by atoms with Crippen LogP contribution in [-0.4, -0.2) is 20.5 Å². The molecule has 25 heavy (non-hydrogen) atoms. The van der Waals surface area contributed by atoms with Gasteiger partial charge in [-0.05, 0) is 12.1 Å². The highest BCUT2D eigenvalue weighted by molar-refractivity contribution is 6.31. The van der Waals surface area contributed by atoms with E-state index in [4.69, 9.17) is 39.4 Å². The Bertz CT molecular complexity index is 1000. The summed E-state index contributed by atoms with van der Waals surface area (Å²) in [5, 5.41) is 0.516. The average molecular weight is 382 g/mol. The minimum absolute atomic E-state index is 0.00124. The molecule has 0 amide bonds. The molecule has 0 spiro atoms. The Kier molecular flexibility index (Phi) is 4.40. The quantitative estimate of drug-likeness (QED) is 0.526. The maximum Gasteiger partial charge on any atom is 0.361 e. The topological polar surface area (TPSA) is 113 Å². The number of halogens is 2. The van der Waals surface area contributed by atoms with Crippen LogP contribution < -0.4 is 16.0 Å². The molecule has 8 nitrogen and oxygen atoms in total. The number of esters is 1. The van der Waals surface area contributed by atoms with Crippen molar-refractivity contribution in [2.24, 2.45) is 14.1 Å². The van der Waals surface area contributed by atoms with Gasteiger partial charge in [-0.1, -0.05) is 23.2 Å². The van der Waals surface area contributed by atoms with Crippen molar-refractivity contribution in [3.8, 4) is 0 Å². The third-order valence-corrected chi connectivity index (χ3v) is 4.38. The molecule has 0 saturated heterocycles. The molecule has 3 aromatic rings. The van der Waals surface area contributed by atoms with E-state index in [0.717, 1.165) is 16.9 Å². The summed E-state index contributed by atoms with van der Waals surface area (Å²) in [6, 6.07) is 5.53. The first-order valence-electron chi connectivity index (χ1n) is 7.18. The van der Waals surface area contributed by atoms with E-state index in [1.54, 1.807) is 6.07 Å². The smallest absolute Gasteiger partial charge is 0.361 e. The van der Waals surface area contributed by atoms with Crippen LogP contribution in [0.3, 0.4) is 0 Å². The summed E-state index contributed by atoms with van der Waals surface area (Å²) in [5.74, 6) is -0.179. The van der Waals surface area contributed by atoms with Crippen molar-refractivity contribution >= 4 is 51.8 Å². The summed E-state index contributed by atoms with van der Waals surface area (Å²) >= 11 is 11.8. The van der Waals surface area contributed by atoms with Gasteiger partial charge in [0.1, 0.15) is 0 Å². The lowest BCUT2D eigenvalue weighted by atomic mass is 10.3. The number of nitrogens with two attached hydrogens (primary N) is 2. The number of rotatable bonds is 3. The number of nitrogens with zero attached hydrogens (tertiary/aromatic N) is 4. The van der Waals surface area contributed by atoms with Crippen LogP contribution in [-0.2, 0) is 25.4 Å². The summed E-state index contributed by atoms with van der Waals surface area (Å²) in [5.41, 5.74) is 12.8. The SMILES string of the molecule is Cn1c(COC(=O)c2nc(Cl)c(N)nc2N)[n+](C)c2ccc(Cl)cc21. The summed E-state index contributed by atoms with van der Waals surface area (Å²) in [6.45, 7) is 0.00124. The molecule has 0 aliphatic heterocycles. The third kappa shape index (κ3) is 3.06. The molecule has 0 aliphatic carbocycles. The molecular weight excluding hydrogens is 367 g/mol. The van der Waals surface area contributed by atoms with Gasteiger partial charge in [-0.15, -0.1) is 0 Å². The van der Waals surface area contributed by atoms with Gasteiger partial charge in [-0.3, -0.25) is 0 Å². The number of hydrogen-bond acceptors (Lipinski definition) is 6. The van der Waals surface area contributed by atoms with Crippen LogP contribution in [0.15, 0.2) is 18.2 Å². The Labute approximate surface area is 152 Å². The Balaban J connectivity index is 1.88. The molecule has 10 heteroatoms. The van der Waals surface area contributed by atoms with E-state index in [1.807, 2.05) is 35.4 Å². The molecule has 3 rings (SSSR count). The fraction of sp³-hybridized carbons (Fsp3) is 0.200. The number of nitrogen functional groups attached to an aromatic ring is 2. The Morgan fingerprint density at radius 1 is 1.28 bits per heavy atom. The number of carbonyl (C=O) groups excluding carboxylic acids is 1. The first-order chi connectivity index (χ1) is 11.8. The van der Waals surface area contributed by atoms with Crippen LogP contribution in [0.4, 0.5) is 11.6 Å². The minimum atomic E-state index is -0.741. The molecule has 4 N–H and O–H groups in total.